The molecule has 1 aromatic heterocycles. The fourth-order valence-electron chi connectivity index (χ4n) is 2.40. The Hall–Kier alpha value is -2.53. The molecule has 1 heterocycles. The fraction of sp³-hybridized carbons (Fsp3) is 0.176. The molecule has 0 fully saturated rings. The highest BCUT2D eigenvalue weighted by molar-refractivity contribution is 5.77. The molecular weight excluding hydrogens is 281 g/mol. The molecule has 0 unspecified atom stereocenters. The van der Waals surface area contributed by atoms with Crippen LogP contribution in [0, 0.1) is 5.82 Å². The lowest BCUT2D eigenvalue weighted by Crippen LogP contribution is -2.22. The highest BCUT2D eigenvalue weighted by atomic mass is 19.1. The van der Waals surface area contributed by atoms with Crippen LogP contribution in [-0.4, -0.2) is 9.97 Å². The average Bonchev–Trinajstić information content (AvgIpc) is 2.53. The number of fused-ring (bicyclic) bond motifs is 1. The van der Waals surface area contributed by atoms with E-state index >= 15 is 0 Å². The standard InChI is InChI=1S/C17H16FN3O/c1-11(12-6-2-4-8-14(12)18)19-10-16-20-15-9-5-3-7-13(15)17(22)21-16/h2-9,11,19H,10H2,1H3,(H,20,21,22)/t11-/m1/s1. The molecule has 2 aromatic carbocycles. The SMILES string of the molecule is C[C@@H](NCc1nc2ccccc2c(=O)[nH]1)c1ccccc1F. The summed E-state index contributed by atoms with van der Waals surface area (Å²) >= 11 is 0. The first kappa shape index (κ1) is 14.4. The quantitative estimate of drug-likeness (QED) is 0.778. The third-order valence-corrected chi connectivity index (χ3v) is 3.61. The highest BCUT2D eigenvalue weighted by Crippen LogP contribution is 2.16. The van der Waals surface area contributed by atoms with E-state index in [0.717, 1.165) is 0 Å². The summed E-state index contributed by atoms with van der Waals surface area (Å²) in [6.45, 7) is 2.23. The first-order valence-electron chi connectivity index (χ1n) is 7.11. The number of halogens is 1. The molecule has 0 saturated heterocycles. The van der Waals surface area contributed by atoms with Gasteiger partial charge < -0.3 is 10.3 Å². The Morgan fingerprint density at radius 1 is 1.18 bits per heavy atom. The molecule has 0 aliphatic rings. The molecule has 112 valence electrons. The van der Waals surface area contributed by atoms with Crippen molar-refractivity contribution in [3.05, 3.63) is 76.1 Å². The minimum atomic E-state index is -0.248. The molecule has 0 radical (unpaired) electrons. The van der Waals surface area contributed by atoms with Crippen molar-refractivity contribution >= 4 is 10.9 Å². The molecule has 3 rings (SSSR count). The van der Waals surface area contributed by atoms with Crippen LogP contribution in [0.5, 0.6) is 0 Å². The molecule has 5 heteroatoms. The Morgan fingerprint density at radius 3 is 2.73 bits per heavy atom. The van der Waals surface area contributed by atoms with Crippen molar-refractivity contribution < 1.29 is 4.39 Å². The number of hydrogen-bond acceptors (Lipinski definition) is 3. The number of nitrogens with one attached hydrogen (secondary N) is 2. The molecule has 0 spiro atoms. The van der Waals surface area contributed by atoms with Crippen LogP contribution in [0.4, 0.5) is 4.39 Å². The Balaban J connectivity index is 1.79. The Labute approximate surface area is 127 Å². The van der Waals surface area contributed by atoms with Crippen LogP contribution in [0.25, 0.3) is 10.9 Å². The van der Waals surface area contributed by atoms with Crippen LogP contribution in [0.15, 0.2) is 53.3 Å². The Morgan fingerprint density at radius 2 is 1.91 bits per heavy atom. The van der Waals surface area contributed by atoms with Crippen LogP contribution in [0.2, 0.25) is 0 Å². The van der Waals surface area contributed by atoms with Gasteiger partial charge in [0.1, 0.15) is 11.6 Å². The Kier molecular flexibility index (Phi) is 3.98. The minimum absolute atomic E-state index is 0.166. The van der Waals surface area contributed by atoms with E-state index in [-0.39, 0.29) is 17.4 Å². The van der Waals surface area contributed by atoms with E-state index in [9.17, 15) is 9.18 Å². The monoisotopic (exact) mass is 297 g/mol. The second-order valence-electron chi connectivity index (χ2n) is 5.15. The average molecular weight is 297 g/mol. The van der Waals surface area contributed by atoms with Crippen molar-refractivity contribution in [3.8, 4) is 0 Å². The van der Waals surface area contributed by atoms with Gasteiger partial charge in [0.05, 0.1) is 17.4 Å². The Bertz CT molecular complexity index is 860. The molecule has 2 N–H and O–H groups in total. The van der Waals surface area contributed by atoms with Crippen molar-refractivity contribution in [1.82, 2.24) is 15.3 Å². The number of aromatic nitrogens is 2. The smallest absolute Gasteiger partial charge is 0.258 e. The molecule has 0 bridgehead atoms. The first-order valence-corrected chi connectivity index (χ1v) is 7.11. The van der Waals surface area contributed by atoms with E-state index in [1.165, 1.54) is 6.07 Å². The molecular formula is C17H16FN3O. The van der Waals surface area contributed by atoms with Gasteiger partial charge in [0.2, 0.25) is 0 Å². The minimum Gasteiger partial charge on any atom is -0.309 e. The van der Waals surface area contributed by atoms with Crippen molar-refractivity contribution in [1.29, 1.82) is 0 Å². The summed E-state index contributed by atoms with van der Waals surface area (Å²) < 4.78 is 13.7. The molecule has 0 aliphatic carbocycles. The van der Waals surface area contributed by atoms with Gasteiger partial charge in [-0.15, -0.1) is 0 Å². The number of hydrogen-bond donors (Lipinski definition) is 2. The van der Waals surface area contributed by atoms with Crippen LogP contribution in [-0.2, 0) is 6.54 Å². The van der Waals surface area contributed by atoms with Gasteiger partial charge in [0.15, 0.2) is 0 Å². The van der Waals surface area contributed by atoms with Crippen LogP contribution in [0.3, 0.4) is 0 Å². The second-order valence-corrected chi connectivity index (χ2v) is 5.15. The second kappa shape index (κ2) is 6.07. The number of rotatable bonds is 4. The number of H-pyrrole nitrogens is 1. The predicted octanol–water partition coefficient (Wildman–Crippen LogP) is 2.91. The zero-order valence-electron chi connectivity index (χ0n) is 12.1. The molecule has 3 aromatic rings. The lowest BCUT2D eigenvalue weighted by molar-refractivity contribution is 0.520. The number of nitrogens with zero attached hydrogens (tertiary/aromatic N) is 1. The summed E-state index contributed by atoms with van der Waals surface area (Å²) in [6.07, 6.45) is 0. The summed E-state index contributed by atoms with van der Waals surface area (Å²) in [7, 11) is 0. The molecule has 1 atom stereocenters. The summed E-state index contributed by atoms with van der Waals surface area (Å²) in [4.78, 5) is 19.1. The van der Waals surface area contributed by atoms with E-state index in [0.29, 0.717) is 28.8 Å². The van der Waals surface area contributed by atoms with Gasteiger partial charge in [0.25, 0.3) is 5.56 Å². The molecule has 4 nitrogen and oxygen atoms in total. The van der Waals surface area contributed by atoms with Gasteiger partial charge >= 0.3 is 0 Å². The van der Waals surface area contributed by atoms with Gasteiger partial charge in [-0.25, -0.2) is 9.37 Å². The topological polar surface area (TPSA) is 57.8 Å². The van der Waals surface area contributed by atoms with E-state index in [2.05, 4.69) is 15.3 Å². The van der Waals surface area contributed by atoms with Crippen LogP contribution in [0.1, 0.15) is 24.4 Å². The van der Waals surface area contributed by atoms with Gasteiger partial charge in [-0.05, 0) is 25.1 Å². The zero-order chi connectivity index (χ0) is 15.5. The van der Waals surface area contributed by atoms with E-state index < -0.39 is 0 Å². The summed E-state index contributed by atoms with van der Waals surface area (Å²) in [5.41, 5.74) is 1.08. The molecule has 0 amide bonds. The molecule has 0 saturated carbocycles. The van der Waals surface area contributed by atoms with Gasteiger partial charge in [-0.2, -0.15) is 0 Å². The maximum Gasteiger partial charge on any atom is 0.258 e. The molecule has 22 heavy (non-hydrogen) atoms. The predicted molar refractivity (Wildman–Crippen MR) is 84.0 cm³/mol. The first-order chi connectivity index (χ1) is 10.6. The highest BCUT2D eigenvalue weighted by Gasteiger charge is 2.10. The number of benzene rings is 2. The third-order valence-electron chi connectivity index (χ3n) is 3.61. The molecule has 0 aliphatic heterocycles. The third kappa shape index (κ3) is 2.89. The zero-order valence-corrected chi connectivity index (χ0v) is 12.1. The number of aromatic amines is 1. The fourth-order valence-corrected chi connectivity index (χ4v) is 2.40. The normalized spacial score (nSPS) is 12.5. The van der Waals surface area contributed by atoms with Gasteiger partial charge in [-0.3, -0.25) is 4.79 Å². The number of para-hydroxylation sites is 1. The van der Waals surface area contributed by atoms with E-state index in [4.69, 9.17) is 0 Å². The van der Waals surface area contributed by atoms with Crippen LogP contribution < -0.4 is 10.9 Å². The lowest BCUT2D eigenvalue weighted by Gasteiger charge is -2.14. The van der Waals surface area contributed by atoms with Crippen molar-refractivity contribution in [2.75, 3.05) is 0 Å². The van der Waals surface area contributed by atoms with Gasteiger partial charge in [0, 0.05) is 11.6 Å². The largest absolute Gasteiger partial charge is 0.309 e. The summed E-state index contributed by atoms with van der Waals surface area (Å²) in [5.74, 6) is 0.286. The van der Waals surface area contributed by atoms with Gasteiger partial charge in [-0.1, -0.05) is 30.3 Å². The van der Waals surface area contributed by atoms with E-state index in [1.54, 1.807) is 36.4 Å². The summed E-state index contributed by atoms with van der Waals surface area (Å²) in [6, 6.07) is 13.6. The van der Waals surface area contributed by atoms with Crippen molar-refractivity contribution in [3.63, 3.8) is 0 Å². The van der Waals surface area contributed by atoms with Crippen molar-refractivity contribution in [2.45, 2.75) is 19.5 Å². The maximum atomic E-state index is 13.7. The van der Waals surface area contributed by atoms with Crippen molar-refractivity contribution in [2.24, 2.45) is 0 Å². The van der Waals surface area contributed by atoms with E-state index in [1.807, 2.05) is 13.0 Å². The maximum absolute atomic E-state index is 13.7. The summed E-state index contributed by atoms with van der Waals surface area (Å²) in [5, 5.41) is 3.74. The lowest BCUT2D eigenvalue weighted by atomic mass is 10.1. The van der Waals surface area contributed by atoms with Crippen LogP contribution >= 0.6 is 0 Å².